The van der Waals surface area contributed by atoms with Crippen molar-refractivity contribution < 1.29 is 14.7 Å². The highest BCUT2D eigenvalue weighted by molar-refractivity contribution is 5.81. The Labute approximate surface area is 89.4 Å². The van der Waals surface area contributed by atoms with Crippen LogP contribution in [0.5, 0.6) is 0 Å². The number of hydrogen-bond acceptors (Lipinski definition) is 3. The molecule has 0 aromatic heterocycles. The molecular weight excluding hydrogens is 196 g/mol. The van der Waals surface area contributed by atoms with Crippen molar-refractivity contribution >= 4 is 11.9 Å². The van der Waals surface area contributed by atoms with E-state index in [1.807, 2.05) is 11.8 Å². The SMILES string of the molecule is CNC(=O)C(C)N1C[C@@H](C)[C@H](C(=O)O)C1. The molecule has 1 amide bonds. The number of carboxylic acid groups (broad SMARTS) is 1. The molecule has 0 saturated carbocycles. The van der Waals surface area contributed by atoms with Crippen molar-refractivity contribution in [1.82, 2.24) is 10.2 Å². The Bertz CT molecular complexity index is 267. The van der Waals surface area contributed by atoms with E-state index in [1.165, 1.54) is 0 Å². The molecule has 0 aromatic carbocycles. The van der Waals surface area contributed by atoms with Crippen molar-refractivity contribution in [1.29, 1.82) is 0 Å². The summed E-state index contributed by atoms with van der Waals surface area (Å²) in [5.41, 5.74) is 0. The Morgan fingerprint density at radius 3 is 2.47 bits per heavy atom. The van der Waals surface area contributed by atoms with E-state index >= 15 is 0 Å². The summed E-state index contributed by atoms with van der Waals surface area (Å²) >= 11 is 0. The van der Waals surface area contributed by atoms with Crippen LogP contribution in [0.3, 0.4) is 0 Å². The number of carbonyl (C=O) groups is 2. The van der Waals surface area contributed by atoms with Crippen molar-refractivity contribution in [2.45, 2.75) is 19.9 Å². The van der Waals surface area contributed by atoms with Gasteiger partial charge in [0.15, 0.2) is 0 Å². The fourth-order valence-corrected chi connectivity index (χ4v) is 2.02. The number of carboxylic acids is 1. The first-order valence-corrected chi connectivity index (χ1v) is 5.15. The van der Waals surface area contributed by atoms with E-state index in [9.17, 15) is 9.59 Å². The molecule has 1 saturated heterocycles. The van der Waals surface area contributed by atoms with E-state index in [0.717, 1.165) is 0 Å². The zero-order chi connectivity index (χ0) is 11.6. The van der Waals surface area contributed by atoms with Crippen LogP contribution < -0.4 is 5.32 Å². The number of nitrogens with one attached hydrogen (secondary N) is 1. The monoisotopic (exact) mass is 214 g/mol. The van der Waals surface area contributed by atoms with Crippen LogP contribution >= 0.6 is 0 Å². The van der Waals surface area contributed by atoms with Gasteiger partial charge in [0.1, 0.15) is 0 Å². The highest BCUT2D eigenvalue weighted by Gasteiger charge is 2.37. The molecular formula is C10H18N2O3. The molecule has 1 aliphatic heterocycles. The van der Waals surface area contributed by atoms with Gasteiger partial charge in [0, 0.05) is 20.1 Å². The Morgan fingerprint density at radius 1 is 1.47 bits per heavy atom. The van der Waals surface area contributed by atoms with Crippen LogP contribution in [0.25, 0.3) is 0 Å². The molecule has 0 bridgehead atoms. The second kappa shape index (κ2) is 4.61. The summed E-state index contributed by atoms with van der Waals surface area (Å²) < 4.78 is 0. The van der Waals surface area contributed by atoms with Gasteiger partial charge in [0.05, 0.1) is 12.0 Å². The van der Waals surface area contributed by atoms with Gasteiger partial charge in [-0.3, -0.25) is 14.5 Å². The van der Waals surface area contributed by atoms with Gasteiger partial charge in [-0.05, 0) is 12.8 Å². The number of likely N-dealkylation sites (tertiary alicyclic amines) is 1. The van der Waals surface area contributed by atoms with E-state index in [2.05, 4.69) is 5.32 Å². The number of aliphatic carboxylic acids is 1. The summed E-state index contributed by atoms with van der Waals surface area (Å²) in [4.78, 5) is 24.2. The average Bonchev–Trinajstić information content (AvgIpc) is 2.58. The standard InChI is InChI=1S/C10H18N2O3/c1-6-4-12(5-8(6)10(14)15)7(2)9(13)11-3/h6-8H,4-5H2,1-3H3,(H,11,13)(H,14,15)/t6-,7?,8-/m1/s1. The minimum absolute atomic E-state index is 0.0618. The first kappa shape index (κ1) is 12.0. The maximum absolute atomic E-state index is 11.4. The lowest BCUT2D eigenvalue weighted by Gasteiger charge is -2.22. The fourth-order valence-electron chi connectivity index (χ4n) is 2.02. The normalized spacial score (nSPS) is 28.7. The number of hydrogen-bond donors (Lipinski definition) is 2. The molecule has 0 aliphatic carbocycles. The van der Waals surface area contributed by atoms with E-state index in [-0.39, 0.29) is 23.8 Å². The minimum Gasteiger partial charge on any atom is -0.481 e. The van der Waals surface area contributed by atoms with Gasteiger partial charge in [-0.2, -0.15) is 0 Å². The lowest BCUT2D eigenvalue weighted by molar-refractivity contribution is -0.142. The summed E-state index contributed by atoms with van der Waals surface area (Å²) in [5, 5.41) is 11.5. The molecule has 3 atom stereocenters. The summed E-state index contributed by atoms with van der Waals surface area (Å²) in [6, 6.07) is -0.248. The van der Waals surface area contributed by atoms with Crippen LogP contribution in [0.4, 0.5) is 0 Å². The van der Waals surface area contributed by atoms with E-state index in [1.54, 1.807) is 14.0 Å². The molecule has 2 N–H and O–H groups in total. The zero-order valence-corrected chi connectivity index (χ0v) is 9.36. The maximum atomic E-state index is 11.4. The van der Waals surface area contributed by atoms with E-state index in [0.29, 0.717) is 13.1 Å². The lowest BCUT2D eigenvalue weighted by atomic mass is 9.99. The molecule has 5 heteroatoms. The van der Waals surface area contributed by atoms with Crippen LogP contribution in [-0.2, 0) is 9.59 Å². The zero-order valence-electron chi connectivity index (χ0n) is 9.36. The van der Waals surface area contributed by atoms with Gasteiger partial charge in [-0.15, -0.1) is 0 Å². The molecule has 1 unspecified atom stereocenters. The molecule has 0 spiro atoms. The molecule has 86 valence electrons. The number of likely N-dealkylation sites (N-methyl/N-ethyl adjacent to an activating group) is 1. The van der Waals surface area contributed by atoms with Crippen LogP contribution in [0.1, 0.15) is 13.8 Å². The average molecular weight is 214 g/mol. The van der Waals surface area contributed by atoms with E-state index < -0.39 is 5.97 Å². The summed E-state index contributed by atoms with van der Waals surface area (Å²) in [6.45, 7) is 4.85. The first-order valence-electron chi connectivity index (χ1n) is 5.15. The molecule has 5 nitrogen and oxygen atoms in total. The minimum atomic E-state index is -0.769. The Kier molecular flexibility index (Phi) is 3.68. The van der Waals surface area contributed by atoms with Gasteiger partial charge in [-0.25, -0.2) is 0 Å². The predicted molar refractivity (Wildman–Crippen MR) is 55.4 cm³/mol. The van der Waals surface area contributed by atoms with Crippen LogP contribution in [0, 0.1) is 11.8 Å². The molecule has 0 radical (unpaired) electrons. The Morgan fingerprint density at radius 2 is 2.07 bits per heavy atom. The molecule has 1 rings (SSSR count). The Balaban J connectivity index is 2.61. The van der Waals surface area contributed by atoms with E-state index in [4.69, 9.17) is 5.11 Å². The van der Waals surface area contributed by atoms with Crippen molar-refractivity contribution in [3.05, 3.63) is 0 Å². The summed E-state index contributed by atoms with van der Waals surface area (Å²) in [7, 11) is 1.59. The largest absolute Gasteiger partial charge is 0.481 e. The highest BCUT2D eigenvalue weighted by atomic mass is 16.4. The van der Waals surface area contributed by atoms with Gasteiger partial charge >= 0.3 is 5.97 Å². The van der Waals surface area contributed by atoms with Crippen molar-refractivity contribution in [3.8, 4) is 0 Å². The van der Waals surface area contributed by atoms with Gasteiger partial charge in [-0.1, -0.05) is 6.92 Å². The number of nitrogens with zero attached hydrogens (tertiary/aromatic N) is 1. The second-order valence-corrected chi connectivity index (χ2v) is 4.17. The summed E-state index contributed by atoms with van der Waals surface area (Å²) in [5.74, 6) is -1.07. The third-order valence-corrected chi connectivity index (χ3v) is 3.13. The molecule has 15 heavy (non-hydrogen) atoms. The lowest BCUT2D eigenvalue weighted by Crippen LogP contribution is -2.43. The number of carbonyl (C=O) groups excluding carboxylic acids is 1. The van der Waals surface area contributed by atoms with Gasteiger partial charge < -0.3 is 10.4 Å². The maximum Gasteiger partial charge on any atom is 0.308 e. The Hall–Kier alpha value is -1.10. The van der Waals surface area contributed by atoms with Crippen molar-refractivity contribution in [2.24, 2.45) is 11.8 Å². The second-order valence-electron chi connectivity index (χ2n) is 4.17. The van der Waals surface area contributed by atoms with Gasteiger partial charge in [0.25, 0.3) is 0 Å². The topological polar surface area (TPSA) is 69.6 Å². The van der Waals surface area contributed by atoms with Crippen molar-refractivity contribution in [2.75, 3.05) is 20.1 Å². The number of amides is 1. The smallest absolute Gasteiger partial charge is 0.308 e. The fraction of sp³-hybridized carbons (Fsp3) is 0.800. The van der Waals surface area contributed by atoms with Crippen molar-refractivity contribution in [3.63, 3.8) is 0 Å². The predicted octanol–water partition coefficient (Wildman–Crippen LogP) is -0.227. The third-order valence-electron chi connectivity index (χ3n) is 3.13. The van der Waals surface area contributed by atoms with Gasteiger partial charge in [0.2, 0.25) is 5.91 Å². The van der Waals surface area contributed by atoms with Crippen LogP contribution in [0.2, 0.25) is 0 Å². The van der Waals surface area contributed by atoms with Crippen LogP contribution in [-0.4, -0.2) is 48.1 Å². The highest BCUT2D eigenvalue weighted by Crippen LogP contribution is 2.24. The summed E-state index contributed by atoms with van der Waals surface area (Å²) in [6.07, 6.45) is 0. The molecule has 1 aliphatic rings. The molecule has 1 heterocycles. The number of rotatable bonds is 3. The quantitative estimate of drug-likeness (QED) is 0.681. The molecule has 0 aromatic rings. The molecule has 1 fully saturated rings. The first-order chi connectivity index (χ1) is 6.97. The third kappa shape index (κ3) is 2.47. The van der Waals surface area contributed by atoms with Crippen LogP contribution in [0.15, 0.2) is 0 Å².